The minimum absolute atomic E-state index is 0.000877. The molecule has 2 aromatic carbocycles. The highest BCUT2D eigenvalue weighted by atomic mass is 32.1. The quantitative estimate of drug-likeness (QED) is 0.534. The standard InChI is InChI=1S/C21H24N2O3S/c1-4-25-12-11-23(16(3)24)19-10-9-17(13-15(19)2)26-14-21-22-18-7-5-6-8-20(18)27-21/h5-10,13H,4,11-12,14H2,1-3H3. The van der Waals surface area contributed by atoms with Crippen LogP contribution in [0.1, 0.15) is 24.4 Å². The molecule has 27 heavy (non-hydrogen) atoms. The summed E-state index contributed by atoms with van der Waals surface area (Å²) < 4.78 is 12.5. The zero-order valence-electron chi connectivity index (χ0n) is 15.9. The molecule has 0 saturated heterocycles. The number of ether oxygens (including phenoxy) is 2. The second-order valence-electron chi connectivity index (χ2n) is 6.18. The van der Waals surface area contributed by atoms with Crippen LogP contribution in [0.25, 0.3) is 10.2 Å². The Morgan fingerprint density at radius 2 is 2.04 bits per heavy atom. The van der Waals surface area contributed by atoms with Crippen molar-refractivity contribution in [3.63, 3.8) is 0 Å². The molecule has 142 valence electrons. The number of aromatic nitrogens is 1. The van der Waals surface area contributed by atoms with Crippen LogP contribution in [0.15, 0.2) is 42.5 Å². The number of rotatable bonds is 8. The van der Waals surface area contributed by atoms with Crippen molar-refractivity contribution in [2.45, 2.75) is 27.4 Å². The van der Waals surface area contributed by atoms with Crippen molar-refractivity contribution in [1.29, 1.82) is 0 Å². The maximum Gasteiger partial charge on any atom is 0.223 e. The van der Waals surface area contributed by atoms with Crippen molar-refractivity contribution in [1.82, 2.24) is 4.98 Å². The lowest BCUT2D eigenvalue weighted by molar-refractivity contribution is -0.116. The summed E-state index contributed by atoms with van der Waals surface area (Å²) in [5.41, 5.74) is 2.87. The Morgan fingerprint density at radius 1 is 1.22 bits per heavy atom. The molecule has 5 nitrogen and oxygen atoms in total. The summed E-state index contributed by atoms with van der Waals surface area (Å²) in [5.74, 6) is 0.768. The summed E-state index contributed by atoms with van der Waals surface area (Å²) in [6, 6.07) is 13.9. The van der Waals surface area contributed by atoms with Gasteiger partial charge in [0.15, 0.2) is 0 Å². The van der Waals surface area contributed by atoms with Crippen molar-refractivity contribution in [3.05, 3.63) is 53.0 Å². The molecule has 0 unspecified atom stereocenters. The fourth-order valence-electron chi connectivity index (χ4n) is 2.90. The molecule has 0 aliphatic carbocycles. The molecule has 6 heteroatoms. The van der Waals surface area contributed by atoms with E-state index in [2.05, 4.69) is 11.1 Å². The van der Waals surface area contributed by atoms with Crippen LogP contribution in [0.4, 0.5) is 5.69 Å². The van der Waals surface area contributed by atoms with Gasteiger partial charge in [0.1, 0.15) is 17.4 Å². The van der Waals surface area contributed by atoms with Crippen molar-refractivity contribution in [3.8, 4) is 5.75 Å². The van der Waals surface area contributed by atoms with Crippen molar-refractivity contribution in [2.24, 2.45) is 0 Å². The monoisotopic (exact) mass is 384 g/mol. The number of nitrogens with zero attached hydrogens (tertiary/aromatic N) is 2. The fourth-order valence-corrected chi connectivity index (χ4v) is 3.78. The topological polar surface area (TPSA) is 51.7 Å². The number of thiazole rings is 1. The van der Waals surface area contributed by atoms with Crippen molar-refractivity contribution in [2.75, 3.05) is 24.7 Å². The third-order valence-corrected chi connectivity index (χ3v) is 5.21. The van der Waals surface area contributed by atoms with Crippen LogP contribution in [0.5, 0.6) is 5.75 Å². The van der Waals surface area contributed by atoms with Gasteiger partial charge < -0.3 is 14.4 Å². The first-order chi connectivity index (χ1) is 13.1. The Morgan fingerprint density at radius 3 is 2.74 bits per heavy atom. The van der Waals surface area contributed by atoms with Gasteiger partial charge in [-0.15, -0.1) is 11.3 Å². The molecule has 1 aromatic heterocycles. The molecule has 3 aromatic rings. The van der Waals surface area contributed by atoms with Crippen LogP contribution in [0, 0.1) is 6.92 Å². The van der Waals surface area contributed by atoms with E-state index in [0.717, 1.165) is 32.2 Å². The molecular weight excluding hydrogens is 360 g/mol. The van der Waals surface area contributed by atoms with E-state index < -0.39 is 0 Å². The number of amides is 1. The number of hydrogen-bond donors (Lipinski definition) is 0. The second kappa shape index (κ2) is 8.97. The van der Waals surface area contributed by atoms with E-state index in [4.69, 9.17) is 9.47 Å². The molecule has 0 N–H and O–H groups in total. The number of carbonyl (C=O) groups is 1. The van der Waals surface area contributed by atoms with Crippen LogP contribution in [-0.4, -0.2) is 30.6 Å². The van der Waals surface area contributed by atoms with Gasteiger partial charge in [-0.3, -0.25) is 4.79 Å². The minimum atomic E-state index is 0.000877. The van der Waals surface area contributed by atoms with E-state index in [1.807, 2.05) is 50.2 Å². The van der Waals surface area contributed by atoms with E-state index >= 15 is 0 Å². The van der Waals surface area contributed by atoms with E-state index in [-0.39, 0.29) is 5.91 Å². The first-order valence-electron chi connectivity index (χ1n) is 9.02. The summed E-state index contributed by atoms with van der Waals surface area (Å²) in [6.07, 6.45) is 0. The lowest BCUT2D eigenvalue weighted by Crippen LogP contribution is -2.32. The van der Waals surface area contributed by atoms with Gasteiger partial charge >= 0.3 is 0 Å². The van der Waals surface area contributed by atoms with E-state index in [9.17, 15) is 4.79 Å². The Kier molecular flexibility index (Phi) is 6.42. The summed E-state index contributed by atoms with van der Waals surface area (Å²) >= 11 is 1.64. The number of carbonyl (C=O) groups excluding carboxylic acids is 1. The zero-order valence-corrected chi connectivity index (χ0v) is 16.7. The van der Waals surface area contributed by atoms with Crippen molar-refractivity contribution >= 4 is 33.1 Å². The maximum atomic E-state index is 12.0. The molecule has 0 bridgehead atoms. The van der Waals surface area contributed by atoms with Gasteiger partial charge in [0, 0.05) is 25.8 Å². The van der Waals surface area contributed by atoms with Gasteiger partial charge in [0.2, 0.25) is 5.91 Å². The Bertz CT molecular complexity index is 890. The highest BCUT2D eigenvalue weighted by Gasteiger charge is 2.14. The zero-order chi connectivity index (χ0) is 19.2. The first-order valence-corrected chi connectivity index (χ1v) is 9.84. The highest BCUT2D eigenvalue weighted by Crippen LogP contribution is 2.27. The van der Waals surface area contributed by atoms with Crippen molar-refractivity contribution < 1.29 is 14.3 Å². The molecule has 1 heterocycles. The molecule has 0 fully saturated rings. The molecule has 0 saturated carbocycles. The number of aryl methyl sites for hydroxylation is 1. The molecule has 0 spiro atoms. The normalized spacial score (nSPS) is 10.9. The summed E-state index contributed by atoms with van der Waals surface area (Å²) in [6.45, 7) is 7.63. The second-order valence-corrected chi connectivity index (χ2v) is 7.30. The Hall–Kier alpha value is -2.44. The predicted octanol–water partition coefficient (Wildman–Crippen LogP) is 4.57. The maximum absolute atomic E-state index is 12.0. The van der Waals surface area contributed by atoms with Crippen LogP contribution < -0.4 is 9.64 Å². The average molecular weight is 385 g/mol. The third kappa shape index (κ3) is 4.84. The van der Waals surface area contributed by atoms with Crippen LogP contribution in [0.3, 0.4) is 0 Å². The summed E-state index contributed by atoms with van der Waals surface area (Å²) in [4.78, 5) is 18.3. The van der Waals surface area contributed by atoms with Gasteiger partial charge in [0.05, 0.1) is 16.8 Å². The third-order valence-electron chi connectivity index (χ3n) is 4.20. The van der Waals surface area contributed by atoms with Gasteiger partial charge in [-0.2, -0.15) is 0 Å². The van der Waals surface area contributed by atoms with E-state index in [0.29, 0.717) is 26.4 Å². The number of para-hydroxylation sites is 1. The number of fused-ring (bicyclic) bond motifs is 1. The van der Waals surface area contributed by atoms with Crippen LogP contribution >= 0.6 is 11.3 Å². The average Bonchev–Trinajstić information content (AvgIpc) is 3.07. The number of anilines is 1. The number of benzene rings is 2. The number of hydrogen-bond acceptors (Lipinski definition) is 5. The molecule has 1 amide bonds. The lowest BCUT2D eigenvalue weighted by atomic mass is 10.1. The predicted molar refractivity (Wildman–Crippen MR) is 110 cm³/mol. The molecule has 0 atom stereocenters. The highest BCUT2D eigenvalue weighted by molar-refractivity contribution is 7.18. The molecule has 0 aliphatic rings. The molecule has 0 radical (unpaired) electrons. The van der Waals surface area contributed by atoms with E-state index in [1.54, 1.807) is 23.2 Å². The minimum Gasteiger partial charge on any atom is -0.486 e. The van der Waals surface area contributed by atoms with Gasteiger partial charge in [-0.05, 0) is 49.7 Å². The summed E-state index contributed by atoms with van der Waals surface area (Å²) in [7, 11) is 0. The molecular formula is C21H24N2O3S. The first kappa shape index (κ1) is 19.3. The fraction of sp³-hybridized carbons (Fsp3) is 0.333. The van der Waals surface area contributed by atoms with Crippen LogP contribution in [0.2, 0.25) is 0 Å². The molecule has 3 rings (SSSR count). The SMILES string of the molecule is CCOCCN(C(C)=O)c1ccc(OCc2nc3ccccc3s2)cc1C. The largest absolute Gasteiger partial charge is 0.486 e. The summed E-state index contributed by atoms with van der Waals surface area (Å²) in [5, 5.41) is 0.944. The smallest absolute Gasteiger partial charge is 0.223 e. The lowest BCUT2D eigenvalue weighted by Gasteiger charge is -2.23. The van der Waals surface area contributed by atoms with Gasteiger partial charge in [0.25, 0.3) is 0 Å². The van der Waals surface area contributed by atoms with Gasteiger partial charge in [-0.1, -0.05) is 12.1 Å². The van der Waals surface area contributed by atoms with Gasteiger partial charge in [-0.25, -0.2) is 4.98 Å². The van der Waals surface area contributed by atoms with Crippen LogP contribution in [-0.2, 0) is 16.1 Å². The molecule has 0 aliphatic heterocycles. The Labute approximate surface area is 163 Å². The van der Waals surface area contributed by atoms with E-state index in [1.165, 1.54) is 0 Å². The Balaban J connectivity index is 1.68.